The van der Waals surface area contributed by atoms with Gasteiger partial charge in [0.1, 0.15) is 35.6 Å². The fourth-order valence-corrected chi connectivity index (χ4v) is 12.4. The van der Waals surface area contributed by atoms with Crippen LogP contribution in [0.25, 0.3) is 0 Å². The number of fused-ring (bicyclic) bond motifs is 2. The van der Waals surface area contributed by atoms with Crippen LogP contribution in [0, 0.1) is 0 Å². The molecule has 2 aromatic heterocycles. The molecule has 10 atom stereocenters. The number of hydrogen-bond donors (Lipinski definition) is 6. The van der Waals surface area contributed by atoms with Crippen molar-refractivity contribution >= 4 is 35.4 Å². The average Bonchev–Trinajstić information content (AvgIpc) is 4.52. The molecule has 4 fully saturated rings. The fourth-order valence-electron chi connectivity index (χ4n) is 12.4. The van der Waals surface area contributed by atoms with Crippen LogP contribution in [0.1, 0.15) is 136 Å². The van der Waals surface area contributed by atoms with Gasteiger partial charge in [0.15, 0.2) is 0 Å². The van der Waals surface area contributed by atoms with E-state index in [0.717, 1.165) is 22.3 Å². The van der Waals surface area contributed by atoms with E-state index in [1.165, 1.54) is 0 Å². The van der Waals surface area contributed by atoms with Crippen LogP contribution in [0.3, 0.4) is 0 Å². The van der Waals surface area contributed by atoms with Gasteiger partial charge in [-0.15, -0.1) is 10.2 Å². The van der Waals surface area contributed by atoms with E-state index in [-0.39, 0.29) is 72.8 Å². The van der Waals surface area contributed by atoms with Crippen molar-refractivity contribution in [3.05, 3.63) is 167 Å². The van der Waals surface area contributed by atoms with Crippen molar-refractivity contribution in [2.24, 2.45) is 0 Å². The molecule has 0 spiro atoms. The van der Waals surface area contributed by atoms with Crippen LogP contribution in [0.2, 0.25) is 0 Å². The molecule has 436 valence electrons. The van der Waals surface area contributed by atoms with Crippen LogP contribution in [-0.2, 0) is 46.7 Å². The molecule has 0 saturated carbocycles. The molecule has 4 aliphatic rings. The van der Waals surface area contributed by atoms with Gasteiger partial charge in [0.2, 0.25) is 35.4 Å². The summed E-state index contributed by atoms with van der Waals surface area (Å²) in [6.45, 7) is 3.71. The Kier molecular flexibility index (Phi) is 18.8. The number of carbonyl (C=O) groups is 6. The van der Waals surface area contributed by atoms with Crippen molar-refractivity contribution in [3.63, 3.8) is 0 Å². The smallest absolute Gasteiger partial charge is 0.246 e. The Balaban J connectivity index is 0.805. The second kappa shape index (κ2) is 26.8. The number of carbonyl (C=O) groups excluding carboxylic acids is 6. The minimum absolute atomic E-state index is 0.119. The normalized spacial score (nSPS) is 23.5. The van der Waals surface area contributed by atoms with E-state index in [1.807, 2.05) is 143 Å². The Bertz CT molecular complexity index is 2880. The van der Waals surface area contributed by atoms with Crippen molar-refractivity contribution in [3.8, 4) is 0 Å². The zero-order chi connectivity index (χ0) is 58.0. The summed E-state index contributed by atoms with van der Waals surface area (Å²) >= 11 is 0. The van der Waals surface area contributed by atoms with Crippen LogP contribution < -0.4 is 31.9 Å². The van der Waals surface area contributed by atoms with Crippen LogP contribution in [0.5, 0.6) is 0 Å². The van der Waals surface area contributed by atoms with Gasteiger partial charge in [-0.05, 0) is 114 Å². The van der Waals surface area contributed by atoms with Gasteiger partial charge in [-0.1, -0.05) is 132 Å². The molecule has 6 N–H and O–H groups in total. The highest BCUT2D eigenvalue weighted by atomic mass is 16.5. The maximum Gasteiger partial charge on any atom is 0.246 e. The molecule has 0 bridgehead atoms. The number of benzene rings is 4. The highest BCUT2D eigenvalue weighted by Crippen LogP contribution is 2.38. The lowest BCUT2D eigenvalue weighted by atomic mass is 9.94. The predicted octanol–water partition coefficient (Wildman–Crippen LogP) is 4.75. The van der Waals surface area contributed by atoms with E-state index < -0.39 is 48.3 Å². The van der Waals surface area contributed by atoms with E-state index in [0.29, 0.717) is 75.6 Å². The number of hydrogen-bond acceptors (Lipinski definition) is 13. The topological polar surface area (TPSA) is 252 Å². The number of ether oxygens (including phenoxy) is 1. The first kappa shape index (κ1) is 58.1. The van der Waals surface area contributed by atoms with Gasteiger partial charge >= 0.3 is 0 Å². The largest absolute Gasteiger partial charge is 0.369 e. The van der Waals surface area contributed by atoms with Crippen LogP contribution >= 0.6 is 0 Å². The molecule has 21 heteroatoms. The minimum atomic E-state index is -0.867. The van der Waals surface area contributed by atoms with E-state index in [1.54, 1.807) is 37.7 Å². The first-order chi connectivity index (χ1) is 40.4. The Morgan fingerprint density at radius 3 is 1.17 bits per heavy atom. The lowest BCUT2D eigenvalue weighted by molar-refractivity contribution is -0.145. The molecule has 10 rings (SSSR count). The third kappa shape index (κ3) is 13.5. The molecule has 6 amide bonds. The predicted molar refractivity (Wildman–Crippen MR) is 308 cm³/mol. The van der Waals surface area contributed by atoms with Crippen LogP contribution in [-0.4, -0.2) is 138 Å². The maximum atomic E-state index is 14.6. The summed E-state index contributed by atoms with van der Waals surface area (Å²) in [7, 11) is 3.38. The van der Waals surface area contributed by atoms with Gasteiger partial charge in [0.25, 0.3) is 0 Å². The van der Waals surface area contributed by atoms with Crippen molar-refractivity contribution in [2.75, 3.05) is 14.1 Å². The Hall–Kier alpha value is -8.14. The summed E-state index contributed by atoms with van der Waals surface area (Å²) in [5, 5.41) is 36.6. The lowest BCUT2D eigenvalue weighted by Crippen LogP contribution is -2.58. The summed E-state index contributed by atoms with van der Waals surface area (Å²) in [5.41, 5.74) is 4.85. The molecule has 6 aromatic rings. The SMILES string of the molecule is CN[C@@H](C)C(=O)N[C@H]1CC[C@@H](n2cc(COCc3cn([C@@H]4CC[C@H](NC(=O)[C@H](C)NC)C(=O)N5[C@H](CC[C@H]5C(=O)NC(c5ccccc5)c5ccccc5)C4)nn3)nn2)C[C@H]2CC[C@@H](C(=O)NC(c3ccccc3)c3ccccc3)N2C1=O. The molecule has 4 saturated heterocycles. The molecule has 0 unspecified atom stereocenters. The summed E-state index contributed by atoms with van der Waals surface area (Å²) in [5.74, 6) is -1.68. The highest BCUT2D eigenvalue weighted by molar-refractivity contribution is 5.95. The van der Waals surface area contributed by atoms with E-state index in [9.17, 15) is 28.8 Å². The van der Waals surface area contributed by atoms with Gasteiger partial charge in [-0.2, -0.15) is 0 Å². The van der Waals surface area contributed by atoms with Gasteiger partial charge in [0, 0.05) is 12.1 Å². The summed E-state index contributed by atoms with van der Waals surface area (Å²) in [6, 6.07) is 32.9. The van der Waals surface area contributed by atoms with E-state index in [4.69, 9.17) is 4.74 Å². The number of likely N-dealkylation sites (N-methyl/N-ethyl adjacent to an activating group) is 2. The molecule has 21 nitrogen and oxygen atoms in total. The van der Waals surface area contributed by atoms with Gasteiger partial charge in [-0.25, -0.2) is 9.36 Å². The van der Waals surface area contributed by atoms with E-state index >= 15 is 0 Å². The first-order valence-corrected chi connectivity index (χ1v) is 29.2. The summed E-state index contributed by atoms with van der Waals surface area (Å²) in [4.78, 5) is 88.4. The molecule has 0 radical (unpaired) electrons. The Morgan fingerprint density at radius 2 is 0.831 bits per heavy atom. The molecular formula is C62H76N14O7. The quantitative estimate of drug-likeness (QED) is 0.0605. The van der Waals surface area contributed by atoms with Crippen molar-refractivity contribution in [1.82, 2.24) is 71.7 Å². The number of amides is 6. The number of nitrogens with one attached hydrogen (secondary N) is 6. The van der Waals surface area contributed by atoms with Crippen LogP contribution in [0.15, 0.2) is 134 Å². The molecule has 0 aliphatic carbocycles. The number of rotatable bonds is 20. The van der Waals surface area contributed by atoms with Crippen molar-refractivity contribution in [1.29, 1.82) is 0 Å². The molecule has 4 aliphatic heterocycles. The summed E-state index contributed by atoms with van der Waals surface area (Å²) < 4.78 is 9.81. The third-order valence-electron chi connectivity index (χ3n) is 17.1. The second-order valence-corrected chi connectivity index (χ2v) is 22.5. The average molecular weight is 1130 g/mol. The second-order valence-electron chi connectivity index (χ2n) is 22.5. The molecular weight excluding hydrogens is 1050 g/mol. The molecule has 6 heterocycles. The van der Waals surface area contributed by atoms with Crippen molar-refractivity contribution < 1.29 is 33.5 Å². The number of aromatic nitrogens is 6. The lowest BCUT2D eigenvalue weighted by Gasteiger charge is -2.38. The maximum absolute atomic E-state index is 14.6. The molecule has 83 heavy (non-hydrogen) atoms. The standard InChI is InChI=1S/C62H76N14O7/c1-39(63-3)57(77)65-51-29-25-47(33-49-27-31-53(75(49)61(51)81)59(79)67-55(41-17-9-5-10-18-41)42-19-11-6-12-20-42)73-35-45(69-71-73)37-83-38-46-36-74(72-70-46)48-26-30-52(66-58(78)40(2)64-4)62(82)76-50(34-48)28-32-54(76)60(80)68-56(43-21-13-7-14-22-43)44-23-15-8-16-24-44/h5-24,35-36,39-40,47-56,63-64H,25-34,37-38H2,1-4H3,(H,65,77)(H,66,78)(H,67,79)(H,68,80)/t39-,40-,47+,48+,49+,50+,51-,52-,53-,54-/m0/s1. The molecule has 4 aromatic carbocycles. The van der Waals surface area contributed by atoms with Gasteiger partial charge < -0.3 is 46.4 Å². The zero-order valence-corrected chi connectivity index (χ0v) is 47.6. The Morgan fingerprint density at radius 1 is 0.494 bits per heavy atom. The third-order valence-corrected chi connectivity index (χ3v) is 17.1. The van der Waals surface area contributed by atoms with E-state index in [2.05, 4.69) is 52.5 Å². The van der Waals surface area contributed by atoms with Gasteiger partial charge in [0.05, 0.1) is 61.9 Å². The minimum Gasteiger partial charge on any atom is -0.369 e. The Labute approximate surface area is 484 Å². The fraction of sp³-hybridized carbons (Fsp3) is 0.452. The first-order valence-electron chi connectivity index (χ1n) is 29.2. The van der Waals surface area contributed by atoms with Crippen LogP contribution in [0.4, 0.5) is 0 Å². The highest BCUT2D eigenvalue weighted by Gasteiger charge is 2.48. The zero-order valence-electron chi connectivity index (χ0n) is 47.6. The monoisotopic (exact) mass is 1130 g/mol. The number of nitrogens with zero attached hydrogens (tertiary/aromatic N) is 8. The van der Waals surface area contributed by atoms with Gasteiger partial charge in [-0.3, -0.25) is 28.8 Å². The summed E-state index contributed by atoms with van der Waals surface area (Å²) in [6.07, 6.45) is 8.55. The van der Waals surface area contributed by atoms with Crippen molar-refractivity contribution in [2.45, 2.75) is 164 Å².